The smallest absolute Gasteiger partial charge is 0.212 e. The Kier molecular flexibility index (Phi) is 10.2. The second-order valence-corrected chi connectivity index (χ2v) is 6.95. The van der Waals surface area contributed by atoms with E-state index in [9.17, 15) is 9.36 Å². The Balaban J connectivity index is 4.10. The molecule has 0 aliphatic rings. The molecule has 3 nitrogen and oxygen atoms in total. The van der Waals surface area contributed by atoms with Gasteiger partial charge >= 0.3 is 0 Å². The largest absolute Gasteiger partial charge is 0.306 e. The minimum absolute atomic E-state index is 0.560. The minimum Gasteiger partial charge on any atom is -0.306 e. The van der Waals surface area contributed by atoms with Gasteiger partial charge in [-0.1, -0.05) is 52.0 Å². The molecule has 1 amide bonds. The van der Waals surface area contributed by atoms with Gasteiger partial charge < -0.3 is 5.09 Å². The number of hydrogen-bond acceptors (Lipinski definition) is 2. The van der Waals surface area contributed by atoms with Crippen LogP contribution in [0.1, 0.15) is 58.8 Å². The summed E-state index contributed by atoms with van der Waals surface area (Å²) >= 11 is 0. The number of unbranched alkanes of at least 4 members (excludes halogenated alkanes) is 5. The third kappa shape index (κ3) is 9.17. The van der Waals surface area contributed by atoms with Crippen LogP contribution in [0.25, 0.3) is 0 Å². The van der Waals surface area contributed by atoms with Gasteiger partial charge in [-0.2, -0.15) is 0 Å². The number of allylic oxidation sites excluding steroid dienone is 1. The lowest BCUT2D eigenvalue weighted by molar-refractivity contribution is -0.108. The van der Waals surface area contributed by atoms with Crippen LogP contribution in [0.2, 0.25) is 0 Å². The fourth-order valence-corrected chi connectivity index (χ4v) is 3.34. The number of amides is 1. The maximum Gasteiger partial charge on any atom is 0.212 e. The third-order valence-corrected chi connectivity index (χ3v) is 4.90. The van der Waals surface area contributed by atoms with E-state index in [1.165, 1.54) is 6.42 Å². The summed E-state index contributed by atoms with van der Waals surface area (Å²) in [5.41, 5.74) is 0. The fraction of sp³-hybridized carbons (Fsp3) is 0.769. The first-order valence-corrected chi connectivity index (χ1v) is 8.62. The molecule has 0 saturated carbocycles. The number of carbonyl (C=O) groups excluding carboxylic acids is 1. The summed E-state index contributed by atoms with van der Waals surface area (Å²) in [7, 11) is -2.60. The summed E-state index contributed by atoms with van der Waals surface area (Å²) < 4.78 is 12.3. The molecule has 100 valence electrons. The van der Waals surface area contributed by atoms with Gasteiger partial charge in [0.2, 0.25) is 6.41 Å². The van der Waals surface area contributed by atoms with Crippen molar-refractivity contribution in [2.75, 3.05) is 6.16 Å². The van der Waals surface area contributed by atoms with E-state index in [1.807, 2.05) is 6.08 Å². The first kappa shape index (κ1) is 16.4. The van der Waals surface area contributed by atoms with Crippen LogP contribution < -0.4 is 5.09 Å². The molecule has 1 N–H and O–H groups in total. The van der Waals surface area contributed by atoms with Gasteiger partial charge in [0.15, 0.2) is 7.29 Å². The second kappa shape index (κ2) is 10.6. The van der Waals surface area contributed by atoms with Crippen LogP contribution in [-0.2, 0) is 9.36 Å². The average Bonchev–Trinajstić information content (AvgIpc) is 2.31. The van der Waals surface area contributed by atoms with E-state index in [2.05, 4.69) is 18.9 Å². The van der Waals surface area contributed by atoms with Crippen LogP contribution in [-0.4, -0.2) is 12.6 Å². The molecule has 0 radical (unpaired) electrons. The van der Waals surface area contributed by atoms with E-state index < -0.39 is 7.29 Å². The van der Waals surface area contributed by atoms with Crippen LogP contribution in [0.15, 0.2) is 11.9 Å². The molecule has 0 aliphatic carbocycles. The number of rotatable bonds is 11. The summed E-state index contributed by atoms with van der Waals surface area (Å²) in [6.45, 7) is 4.27. The van der Waals surface area contributed by atoms with Crippen molar-refractivity contribution in [3.05, 3.63) is 11.9 Å². The lowest BCUT2D eigenvalue weighted by Gasteiger charge is -2.12. The van der Waals surface area contributed by atoms with Gasteiger partial charge in [-0.15, -0.1) is 0 Å². The molecule has 0 fully saturated rings. The van der Waals surface area contributed by atoms with E-state index in [-0.39, 0.29) is 0 Å². The molecular weight excluding hydrogens is 233 g/mol. The molecule has 0 aromatic heterocycles. The molecule has 0 spiro atoms. The van der Waals surface area contributed by atoms with E-state index in [0.717, 1.165) is 38.5 Å². The molecule has 0 saturated heterocycles. The molecule has 0 rings (SSSR count). The predicted molar refractivity (Wildman–Crippen MR) is 74.5 cm³/mol. The number of hydrogen-bond donors (Lipinski definition) is 1. The second-order valence-electron chi connectivity index (χ2n) is 4.35. The third-order valence-electron chi connectivity index (χ3n) is 2.69. The quantitative estimate of drug-likeness (QED) is 0.342. The molecule has 0 heterocycles. The molecule has 0 aliphatic heterocycles. The van der Waals surface area contributed by atoms with Crippen LogP contribution >= 0.6 is 7.29 Å². The highest BCUT2D eigenvalue weighted by Gasteiger charge is 2.15. The van der Waals surface area contributed by atoms with E-state index in [4.69, 9.17) is 0 Å². The van der Waals surface area contributed by atoms with Crippen molar-refractivity contribution in [3.8, 4) is 0 Å². The minimum atomic E-state index is -2.60. The highest BCUT2D eigenvalue weighted by molar-refractivity contribution is 7.65. The van der Waals surface area contributed by atoms with Crippen LogP contribution in [0.5, 0.6) is 0 Å². The number of carbonyl (C=O) groups is 1. The Morgan fingerprint density at radius 2 is 1.76 bits per heavy atom. The van der Waals surface area contributed by atoms with Crippen LogP contribution in [0, 0.1) is 0 Å². The van der Waals surface area contributed by atoms with E-state index >= 15 is 0 Å². The molecule has 1 atom stereocenters. The highest BCUT2D eigenvalue weighted by atomic mass is 31.2. The van der Waals surface area contributed by atoms with Crippen molar-refractivity contribution in [2.24, 2.45) is 0 Å². The summed E-state index contributed by atoms with van der Waals surface area (Å²) in [5, 5.41) is 2.50. The SMILES string of the molecule is CCCCC=CP(=O)(CCCCCC)NC=O. The zero-order valence-electron chi connectivity index (χ0n) is 11.2. The Morgan fingerprint density at radius 3 is 2.35 bits per heavy atom. The van der Waals surface area contributed by atoms with Crippen molar-refractivity contribution in [1.29, 1.82) is 0 Å². The lowest BCUT2D eigenvalue weighted by Crippen LogP contribution is -2.08. The topological polar surface area (TPSA) is 46.2 Å². The molecular formula is C13H26NO2P. The molecule has 0 bridgehead atoms. The Labute approximate surface area is 105 Å². The highest BCUT2D eigenvalue weighted by Crippen LogP contribution is 2.43. The Bertz CT molecular complexity index is 264. The van der Waals surface area contributed by atoms with Gasteiger partial charge in [0, 0.05) is 6.16 Å². The van der Waals surface area contributed by atoms with Gasteiger partial charge in [-0.25, -0.2) is 0 Å². The first-order valence-electron chi connectivity index (χ1n) is 6.66. The Morgan fingerprint density at radius 1 is 1.06 bits per heavy atom. The van der Waals surface area contributed by atoms with Gasteiger partial charge in [0.25, 0.3) is 0 Å². The van der Waals surface area contributed by atoms with Crippen LogP contribution in [0.3, 0.4) is 0 Å². The van der Waals surface area contributed by atoms with Crippen LogP contribution in [0.4, 0.5) is 0 Å². The van der Waals surface area contributed by atoms with Gasteiger partial charge in [-0.05, 0) is 18.7 Å². The van der Waals surface area contributed by atoms with Crippen molar-refractivity contribution in [2.45, 2.75) is 58.8 Å². The normalized spacial score (nSPS) is 14.7. The van der Waals surface area contributed by atoms with Crippen molar-refractivity contribution in [3.63, 3.8) is 0 Å². The molecule has 4 heteroatoms. The molecule has 0 aromatic carbocycles. The summed E-state index contributed by atoms with van der Waals surface area (Å²) in [4.78, 5) is 10.5. The van der Waals surface area contributed by atoms with Crippen molar-refractivity contribution >= 4 is 13.7 Å². The van der Waals surface area contributed by atoms with Crippen molar-refractivity contribution < 1.29 is 9.36 Å². The zero-order chi connectivity index (χ0) is 13.0. The predicted octanol–water partition coefficient (Wildman–Crippen LogP) is 4.29. The van der Waals surface area contributed by atoms with Gasteiger partial charge in [-0.3, -0.25) is 9.36 Å². The lowest BCUT2D eigenvalue weighted by atomic mass is 10.2. The molecule has 1 unspecified atom stereocenters. The number of nitrogens with one attached hydrogen (secondary N) is 1. The molecule has 0 aromatic rings. The summed E-state index contributed by atoms with van der Waals surface area (Å²) in [6.07, 6.45) is 10.6. The fourth-order valence-electron chi connectivity index (χ4n) is 1.61. The monoisotopic (exact) mass is 259 g/mol. The maximum atomic E-state index is 12.3. The van der Waals surface area contributed by atoms with E-state index in [1.54, 1.807) is 5.82 Å². The van der Waals surface area contributed by atoms with Crippen molar-refractivity contribution in [1.82, 2.24) is 5.09 Å². The van der Waals surface area contributed by atoms with Gasteiger partial charge in [0.05, 0.1) is 0 Å². The summed E-state index contributed by atoms with van der Waals surface area (Å²) in [5.74, 6) is 1.73. The Hall–Kier alpha value is -0.560. The first-order chi connectivity index (χ1) is 8.18. The standard InChI is InChI=1S/C13H26NO2P/c1-3-5-7-9-11-17(16,14-13-15)12-10-8-6-4-2/h9,11,13H,3-8,10,12H2,1-2H3,(H,14,15,16). The van der Waals surface area contributed by atoms with Gasteiger partial charge in [0.1, 0.15) is 0 Å². The average molecular weight is 259 g/mol. The molecule has 17 heavy (non-hydrogen) atoms. The van der Waals surface area contributed by atoms with E-state index in [0.29, 0.717) is 12.6 Å². The summed E-state index contributed by atoms with van der Waals surface area (Å²) in [6, 6.07) is 0. The maximum absolute atomic E-state index is 12.3. The zero-order valence-corrected chi connectivity index (χ0v) is 12.0.